The summed E-state index contributed by atoms with van der Waals surface area (Å²) in [5, 5.41) is 12.6. The highest BCUT2D eigenvalue weighted by Crippen LogP contribution is 2.37. The number of rotatable bonds is 5. The first-order valence-electron chi connectivity index (χ1n) is 7.72. The van der Waals surface area contributed by atoms with Crippen molar-refractivity contribution >= 4 is 11.5 Å². The van der Waals surface area contributed by atoms with E-state index in [0.29, 0.717) is 0 Å². The minimum Gasteiger partial charge on any atom is -0.497 e. The van der Waals surface area contributed by atoms with E-state index in [1.54, 1.807) is 13.2 Å². The van der Waals surface area contributed by atoms with Crippen LogP contribution < -0.4 is 10.1 Å². The van der Waals surface area contributed by atoms with E-state index in [1.807, 2.05) is 38.1 Å². The lowest BCUT2D eigenvalue weighted by atomic mass is 9.86. The lowest BCUT2D eigenvalue weighted by Crippen LogP contribution is -2.44. The summed E-state index contributed by atoms with van der Waals surface area (Å²) >= 11 is 0. The Morgan fingerprint density at radius 2 is 2.32 bits per heavy atom. The average molecular weight is 303 g/mol. The molecule has 4 heteroatoms. The SMILES string of the molecule is COc1cccc(/C(C)=C/C(=O)NC2CCCC2(C)CO)c1. The molecule has 2 rings (SSSR count). The molecule has 1 aliphatic rings. The molecule has 0 aromatic heterocycles. The Kier molecular flexibility index (Phi) is 5.24. The molecule has 120 valence electrons. The second-order valence-electron chi connectivity index (χ2n) is 6.32. The third kappa shape index (κ3) is 3.69. The second kappa shape index (κ2) is 6.97. The molecule has 1 amide bonds. The quantitative estimate of drug-likeness (QED) is 0.822. The van der Waals surface area contributed by atoms with E-state index in [4.69, 9.17) is 4.74 Å². The van der Waals surface area contributed by atoms with Crippen molar-refractivity contribution in [1.29, 1.82) is 0 Å². The third-order valence-electron chi connectivity index (χ3n) is 4.63. The molecule has 1 aromatic carbocycles. The van der Waals surface area contributed by atoms with Crippen LogP contribution in [0, 0.1) is 5.41 Å². The van der Waals surface area contributed by atoms with Gasteiger partial charge in [0.15, 0.2) is 0 Å². The molecule has 0 radical (unpaired) electrons. The van der Waals surface area contributed by atoms with E-state index in [2.05, 4.69) is 5.32 Å². The van der Waals surface area contributed by atoms with Crippen molar-refractivity contribution in [2.75, 3.05) is 13.7 Å². The van der Waals surface area contributed by atoms with E-state index >= 15 is 0 Å². The first kappa shape index (κ1) is 16.6. The Hall–Kier alpha value is -1.81. The predicted molar refractivity (Wildman–Crippen MR) is 87.6 cm³/mol. The number of amides is 1. The van der Waals surface area contributed by atoms with E-state index in [9.17, 15) is 9.90 Å². The van der Waals surface area contributed by atoms with E-state index in [1.165, 1.54) is 0 Å². The van der Waals surface area contributed by atoms with Crippen molar-refractivity contribution in [1.82, 2.24) is 5.32 Å². The molecule has 1 saturated carbocycles. The van der Waals surface area contributed by atoms with Gasteiger partial charge in [-0.1, -0.05) is 25.5 Å². The number of carbonyl (C=O) groups excluding carboxylic acids is 1. The van der Waals surface area contributed by atoms with Crippen LogP contribution >= 0.6 is 0 Å². The van der Waals surface area contributed by atoms with Crippen LogP contribution in [0.4, 0.5) is 0 Å². The van der Waals surface area contributed by atoms with E-state index in [-0.39, 0.29) is 24.0 Å². The smallest absolute Gasteiger partial charge is 0.244 e. The van der Waals surface area contributed by atoms with Crippen LogP contribution in [0.5, 0.6) is 5.75 Å². The first-order valence-corrected chi connectivity index (χ1v) is 7.72. The fourth-order valence-electron chi connectivity index (χ4n) is 3.03. The maximum atomic E-state index is 12.2. The van der Waals surface area contributed by atoms with Gasteiger partial charge >= 0.3 is 0 Å². The molecule has 2 unspecified atom stereocenters. The standard InChI is InChI=1S/C18H25NO3/c1-13(14-6-4-7-15(11-14)22-3)10-17(21)19-16-8-5-9-18(16,2)12-20/h4,6-7,10-11,16,20H,5,8-9,12H2,1-3H3,(H,19,21)/b13-10+. The monoisotopic (exact) mass is 303 g/mol. The fourth-order valence-corrected chi connectivity index (χ4v) is 3.03. The molecule has 1 aliphatic carbocycles. The van der Waals surface area contributed by atoms with Gasteiger partial charge in [-0.15, -0.1) is 0 Å². The summed E-state index contributed by atoms with van der Waals surface area (Å²) in [5.74, 6) is 0.668. The molecule has 4 nitrogen and oxygen atoms in total. The second-order valence-corrected chi connectivity index (χ2v) is 6.32. The molecule has 0 saturated heterocycles. The lowest BCUT2D eigenvalue weighted by molar-refractivity contribution is -0.118. The molecular weight excluding hydrogens is 278 g/mol. The molecule has 0 bridgehead atoms. The molecular formula is C18H25NO3. The van der Waals surface area contributed by atoms with Crippen LogP contribution in [0.1, 0.15) is 38.7 Å². The number of hydrogen-bond donors (Lipinski definition) is 2. The minimum atomic E-state index is -0.201. The van der Waals surface area contributed by atoms with Crippen LogP contribution in [0.25, 0.3) is 5.57 Å². The van der Waals surface area contributed by atoms with Crippen LogP contribution in [0.15, 0.2) is 30.3 Å². The van der Waals surface area contributed by atoms with Crippen molar-refractivity contribution < 1.29 is 14.6 Å². The summed E-state index contributed by atoms with van der Waals surface area (Å²) in [5.41, 5.74) is 1.65. The molecule has 0 heterocycles. The number of aliphatic hydroxyl groups excluding tert-OH is 1. The molecule has 2 N–H and O–H groups in total. The first-order chi connectivity index (χ1) is 10.5. The van der Waals surface area contributed by atoms with Crippen molar-refractivity contribution in [3.8, 4) is 5.75 Å². The Labute approximate surface area is 132 Å². The van der Waals surface area contributed by atoms with Gasteiger partial charge in [-0.05, 0) is 43.0 Å². The summed E-state index contributed by atoms with van der Waals surface area (Å²) in [7, 11) is 1.63. The molecule has 0 aliphatic heterocycles. The van der Waals surface area contributed by atoms with Gasteiger partial charge in [0.2, 0.25) is 5.91 Å². The number of carbonyl (C=O) groups is 1. The molecule has 1 fully saturated rings. The Morgan fingerprint density at radius 1 is 1.55 bits per heavy atom. The average Bonchev–Trinajstić information content (AvgIpc) is 2.88. The predicted octanol–water partition coefficient (Wildman–Crippen LogP) is 2.77. The zero-order chi connectivity index (χ0) is 16.2. The van der Waals surface area contributed by atoms with Gasteiger partial charge in [0.05, 0.1) is 13.7 Å². The lowest BCUT2D eigenvalue weighted by Gasteiger charge is -2.29. The third-order valence-corrected chi connectivity index (χ3v) is 4.63. The minimum absolute atomic E-state index is 0.0411. The number of methoxy groups -OCH3 is 1. The van der Waals surface area contributed by atoms with Gasteiger partial charge in [-0.3, -0.25) is 4.79 Å². The Balaban J connectivity index is 2.06. The number of nitrogens with one attached hydrogen (secondary N) is 1. The summed E-state index contributed by atoms with van der Waals surface area (Å²) in [6, 6.07) is 7.69. The van der Waals surface area contributed by atoms with Gasteiger partial charge in [0.25, 0.3) is 0 Å². The van der Waals surface area contributed by atoms with Gasteiger partial charge < -0.3 is 15.2 Å². The number of benzene rings is 1. The zero-order valence-electron chi connectivity index (χ0n) is 13.6. The molecule has 2 atom stereocenters. The van der Waals surface area contributed by atoms with Gasteiger partial charge in [-0.2, -0.15) is 0 Å². The van der Waals surface area contributed by atoms with Crippen molar-refractivity contribution in [3.63, 3.8) is 0 Å². The Bertz CT molecular complexity index is 567. The highest BCUT2D eigenvalue weighted by Gasteiger charge is 2.38. The Morgan fingerprint density at radius 3 is 3.00 bits per heavy atom. The summed E-state index contributed by atoms with van der Waals surface area (Å²) in [6.45, 7) is 4.05. The highest BCUT2D eigenvalue weighted by molar-refractivity contribution is 5.95. The maximum Gasteiger partial charge on any atom is 0.244 e. The zero-order valence-corrected chi connectivity index (χ0v) is 13.6. The van der Waals surface area contributed by atoms with Crippen molar-refractivity contribution in [2.45, 2.75) is 39.2 Å². The number of aliphatic hydroxyl groups is 1. The van der Waals surface area contributed by atoms with Crippen LogP contribution in [0.3, 0.4) is 0 Å². The highest BCUT2D eigenvalue weighted by atomic mass is 16.5. The van der Waals surface area contributed by atoms with E-state index < -0.39 is 0 Å². The number of hydrogen-bond acceptors (Lipinski definition) is 3. The maximum absolute atomic E-state index is 12.2. The largest absolute Gasteiger partial charge is 0.497 e. The topological polar surface area (TPSA) is 58.6 Å². The van der Waals surface area contributed by atoms with Gasteiger partial charge in [0.1, 0.15) is 5.75 Å². The summed E-state index contributed by atoms with van der Waals surface area (Å²) in [4.78, 5) is 12.2. The normalized spacial score (nSPS) is 25.1. The molecule has 22 heavy (non-hydrogen) atoms. The molecule has 1 aromatic rings. The summed E-state index contributed by atoms with van der Waals surface area (Å²) < 4.78 is 5.20. The van der Waals surface area contributed by atoms with Crippen LogP contribution in [-0.2, 0) is 4.79 Å². The van der Waals surface area contributed by atoms with Crippen molar-refractivity contribution in [2.24, 2.45) is 5.41 Å². The van der Waals surface area contributed by atoms with Gasteiger partial charge in [-0.25, -0.2) is 0 Å². The number of allylic oxidation sites excluding steroid dienone is 1. The van der Waals surface area contributed by atoms with E-state index in [0.717, 1.165) is 36.1 Å². The summed E-state index contributed by atoms with van der Waals surface area (Å²) in [6.07, 6.45) is 4.54. The van der Waals surface area contributed by atoms with Crippen molar-refractivity contribution in [3.05, 3.63) is 35.9 Å². The van der Waals surface area contributed by atoms with Gasteiger partial charge in [0, 0.05) is 17.5 Å². The number of ether oxygens (including phenoxy) is 1. The van der Waals surface area contributed by atoms with Crippen LogP contribution in [0.2, 0.25) is 0 Å². The van der Waals surface area contributed by atoms with Crippen LogP contribution in [-0.4, -0.2) is 30.8 Å². The fraction of sp³-hybridized carbons (Fsp3) is 0.500. The molecule has 0 spiro atoms.